The topological polar surface area (TPSA) is 44.3 Å². The Bertz CT molecular complexity index is 338. The van der Waals surface area contributed by atoms with Crippen LogP contribution in [0.4, 0.5) is 5.69 Å². The lowest BCUT2D eigenvalue weighted by Gasteiger charge is -2.26. The molecular formula is C12H18N2O. The SMILES string of the molecule is CCNCC1CNc2cc(O)ccc2C1. The molecule has 1 atom stereocenters. The standard InChI is InChI=1S/C12H18N2O/c1-2-13-7-9-5-10-3-4-11(15)6-12(10)14-8-9/h3-4,6,9,13-15H,2,5,7-8H2,1H3. The van der Waals surface area contributed by atoms with Crippen molar-refractivity contribution in [3.8, 4) is 5.75 Å². The van der Waals surface area contributed by atoms with E-state index in [2.05, 4.69) is 17.6 Å². The molecular weight excluding hydrogens is 188 g/mol. The first-order valence-corrected chi connectivity index (χ1v) is 5.56. The molecule has 15 heavy (non-hydrogen) atoms. The van der Waals surface area contributed by atoms with Gasteiger partial charge in [0.1, 0.15) is 5.75 Å². The number of rotatable bonds is 3. The maximum absolute atomic E-state index is 9.34. The monoisotopic (exact) mass is 206 g/mol. The van der Waals surface area contributed by atoms with Crippen LogP contribution in [-0.4, -0.2) is 24.7 Å². The van der Waals surface area contributed by atoms with Gasteiger partial charge in [0.2, 0.25) is 0 Å². The Hall–Kier alpha value is -1.22. The molecule has 0 saturated carbocycles. The molecule has 0 saturated heterocycles. The van der Waals surface area contributed by atoms with Crippen molar-refractivity contribution in [3.05, 3.63) is 23.8 Å². The first kappa shape index (κ1) is 10.3. The van der Waals surface area contributed by atoms with Crippen LogP contribution in [0.1, 0.15) is 12.5 Å². The van der Waals surface area contributed by atoms with E-state index in [1.807, 2.05) is 6.07 Å². The molecule has 0 aliphatic carbocycles. The number of fused-ring (bicyclic) bond motifs is 1. The molecule has 3 N–H and O–H groups in total. The van der Waals surface area contributed by atoms with Crippen LogP contribution in [-0.2, 0) is 6.42 Å². The van der Waals surface area contributed by atoms with Crippen molar-refractivity contribution >= 4 is 5.69 Å². The van der Waals surface area contributed by atoms with Gasteiger partial charge in [0.25, 0.3) is 0 Å². The first-order valence-electron chi connectivity index (χ1n) is 5.56. The van der Waals surface area contributed by atoms with Crippen molar-refractivity contribution in [1.82, 2.24) is 5.32 Å². The van der Waals surface area contributed by atoms with Gasteiger partial charge in [-0.1, -0.05) is 13.0 Å². The molecule has 1 aromatic rings. The third kappa shape index (κ3) is 2.42. The van der Waals surface area contributed by atoms with E-state index in [1.54, 1.807) is 12.1 Å². The Morgan fingerprint density at radius 3 is 3.20 bits per heavy atom. The highest BCUT2D eigenvalue weighted by Crippen LogP contribution is 2.27. The zero-order valence-corrected chi connectivity index (χ0v) is 9.09. The van der Waals surface area contributed by atoms with Crippen LogP contribution in [0.15, 0.2) is 18.2 Å². The summed E-state index contributed by atoms with van der Waals surface area (Å²) in [5.41, 5.74) is 2.39. The molecule has 3 heteroatoms. The largest absolute Gasteiger partial charge is 0.508 e. The normalized spacial score (nSPS) is 19.4. The zero-order chi connectivity index (χ0) is 10.7. The molecule has 1 aliphatic rings. The van der Waals surface area contributed by atoms with E-state index in [0.717, 1.165) is 31.7 Å². The fourth-order valence-electron chi connectivity index (χ4n) is 2.04. The van der Waals surface area contributed by atoms with Gasteiger partial charge in [-0.3, -0.25) is 0 Å². The van der Waals surface area contributed by atoms with E-state index < -0.39 is 0 Å². The number of aromatic hydroxyl groups is 1. The van der Waals surface area contributed by atoms with Crippen molar-refractivity contribution in [2.45, 2.75) is 13.3 Å². The maximum atomic E-state index is 9.34. The number of phenolic OH excluding ortho intramolecular Hbond substituents is 1. The van der Waals surface area contributed by atoms with Gasteiger partial charge in [-0.2, -0.15) is 0 Å². The number of benzene rings is 1. The summed E-state index contributed by atoms with van der Waals surface area (Å²) < 4.78 is 0. The summed E-state index contributed by atoms with van der Waals surface area (Å²) in [7, 11) is 0. The quantitative estimate of drug-likeness (QED) is 0.703. The Balaban J connectivity index is 2.03. The molecule has 0 fully saturated rings. The smallest absolute Gasteiger partial charge is 0.117 e. The summed E-state index contributed by atoms with van der Waals surface area (Å²) in [5, 5.41) is 16.1. The van der Waals surface area contributed by atoms with Gasteiger partial charge in [0, 0.05) is 18.3 Å². The predicted octanol–water partition coefficient (Wildman–Crippen LogP) is 1.59. The van der Waals surface area contributed by atoms with Gasteiger partial charge in [-0.05, 0) is 37.1 Å². The molecule has 3 nitrogen and oxygen atoms in total. The van der Waals surface area contributed by atoms with E-state index in [9.17, 15) is 5.11 Å². The first-order chi connectivity index (χ1) is 7.29. The van der Waals surface area contributed by atoms with Crippen LogP contribution in [0.3, 0.4) is 0 Å². The van der Waals surface area contributed by atoms with E-state index in [0.29, 0.717) is 11.7 Å². The van der Waals surface area contributed by atoms with Crippen LogP contribution in [0, 0.1) is 5.92 Å². The second-order valence-electron chi connectivity index (χ2n) is 4.10. The van der Waals surface area contributed by atoms with Crippen molar-refractivity contribution in [3.63, 3.8) is 0 Å². The van der Waals surface area contributed by atoms with Crippen molar-refractivity contribution < 1.29 is 5.11 Å². The maximum Gasteiger partial charge on any atom is 0.117 e. The average molecular weight is 206 g/mol. The Morgan fingerprint density at radius 2 is 2.40 bits per heavy atom. The van der Waals surface area contributed by atoms with Crippen LogP contribution in [0.2, 0.25) is 0 Å². The van der Waals surface area contributed by atoms with Gasteiger partial charge in [0.05, 0.1) is 0 Å². The molecule has 0 amide bonds. The minimum Gasteiger partial charge on any atom is -0.508 e. The summed E-state index contributed by atoms with van der Waals surface area (Å²) in [4.78, 5) is 0. The fourth-order valence-corrected chi connectivity index (χ4v) is 2.04. The molecule has 1 aromatic carbocycles. The summed E-state index contributed by atoms with van der Waals surface area (Å²) in [6.45, 7) is 5.20. The molecule has 1 aliphatic heterocycles. The Morgan fingerprint density at radius 1 is 1.53 bits per heavy atom. The van der Waals surface area contributed by atoms with Gasteiger partial charge in [-0.25, -0.2) is 0 Å². The van der Waals surface area contributed by atoms with E-state index in [4.69, 9.17) is 0 Å². The Kier molecular flexibility index (Phi) is 3.11. The molecule has 0 bridgehead atoms. The highest BCUT2D eigenvalue weighted by atomic mass is 16.3. The van der Waals surface area contributed by atoms with Gasteiger partial charge in [0.15, 0.2) is 0 Å². The lowest BCUT2D eigenvalue weighted by Crippen LogP contribution is -2.32. The second kappa shape index (κ2) is 4.53. The van der Waals surface area contributed by atoms with Gasteiger partial charge < -0.3 is 15.7 Å². The highest BCUT2D eigenvalue weighted by molar-refractivity contribution is 5.56. The minimum absolute atomic E-state index is 0.339. The lowest BCUT2D eigenvalue weighted by molar-refractivity contribution is 0.471. The third-order valence-electron chi connectivity index (χ3n) is 2.87. The summed E-state index contributed by atoms with van der Waals surface area (Å²) in [6.07, 6.45) is 1.09. The average Bonchev–Trinajstić information content (AvgIpc) is 2.26. The van der Waals surface area contributed by atoms with E-state index in [-0.39, 0.29) is 0 Å². The molecule has 82 valence electrons. The predicted molar refractivity (Wildman–Crippen MR) is 62.3 cm³/mol. The van der Waals surface area contributed by atoms with Crippen LogP contribution in [0.5, 0.6) is 5.75 Å². The summed E-state index contributed by atoms with van der Waals surface area (Å²) in [5.74, 6) is 0.994. The van der Waals surface area contributed by atoms with E-state index >= 15 is 0 Å². The van der Waals surface area contributed by atoms with Crippen molar-refractivity contribution in [1.29, 1.82) is 0 Å². The third-order valence-corrected chi connectivity index (χ3v) is 2.87. The molecule has 0 aromatic heterocycles. The second-order valence-corrected chi connectivity index (χ2v) is 4.10. The van der Waals surface area contributed by atoms with Crippen molar-refractivity contribution in [2.75, 3.05) is 25.0 Å². The molecule has 0 radical (unpaired) electrons. The summed E-state index contributed by atoms with van der Waals surface area (Å²) >= 11 is 0. The lowest BCUT2D eigenvalue weighted by atomic mass is 9.94. The molecule has 1 heterocycles. The minimum atomic E-state index is 0.339. The fraction of sp³-hybridized carbons (Fsp3) is 0.500. The van der Waals surface area contributed by atoms with Crippen LogP contribution < -0.4 is 10.6 Å². The number of nitrogens with one attached hydrogen (secondary N) is 2. The van der Waals surface area contributed by atoms with Gasteiger partial charge >= 0.3 is 0 Å². The summed E-state index contributed by atoms with van der Waals surface area (Å²) in [6, 6.07) is 5.57. The molecule has 0 spiro atoms. The Labute approximate surface area is 90.5 Å². The van der Waals surface area contributed by atoms with Gasteiger partial charge in [-0.15, -0.1) is 0 Å². The number of hydrogen-bond acceptors (Lipinski definition) is 3. The van der Waals surface area contributed by atoms with E-state index in [1.165, 1.54) is 5.56 Å². The zero-order valence-electron chi connectivity index (χ0n) is 9.09. The van der Waals surface area contributed by atoms with Crippen molar-refractivity contribution in [2.24, 2.45) is 5.92 Å². The number of phenols is 1. The molecule has 2 rings (SSSR count). The molecule has 1 unspecified atom stereocenters. The van der Waals surface area contributed by atoms with Crippen LogP contribution in [0.25, 0.3) is 0 Å². The van der Waals surface area contributed by atoms with Crippen LogP contribution >= 0.6 is 0 Å². The highest BCUT2D eigenvalue weighted by Gasteiger charge is 2.17. The number of anilines is 1. The number of hydrogen-bond donors (Lipinski definition) is 3.